The normalized spacial score (nSPS) is 17.8. The van der Waals surface area contributed by atoms with E-state index in [2.05, 4.69) is 53.9 Å². The molecule has 0 radical (unpaired) electrons. The van der Waals surface area contributed by atoms with Gasteiger partial charge in [0.15, 0.2) is 0 Å². The minimum atomic E-state index is -4.35. The zero-order valence-corrected chi connectivity index (χ0v) is 23.4. The van der Waals surface area contributed by atoms with E-state index in [1.165, 1.54) is 25.2 Å². The quantitative estimate of drug-likeness (QED) is 0.397. The van der Waals surface area contributed by atoms with Crippen LogP contribution in [0.25, 0.3) is 0 Å². The molecule has 0 unspecified atom stereocenters. The molecule has 5 nitrogen and oxygen atoms in total. The average Bonchev–Trinajstić information content (AvgIpc) is 2.86. The molecule has 1 saturated heterocycles. The second kappa shape index (κ2) is 11.9. The predicted molar refractivity (Wildman–Crippen MR) is 147 cm³/mol. The fourth-order valence-electron chi connectivity index (χ4n) is 5.24. The lowest BCUT2D eigenvalue weighted by Crippen LogP contribution is -2.62. The maximum atomic E-state index is 13.5. The third-order valence-electron chi connectivity index (χ3n) is 7.63. The molecule has 0 aromatic heterocycles. The van der Waals surface area contributed by atoms with Crippen LogP contribution in [0.1, 0.15) is 12.0 Å². The van der Waals surface area contributed by atoms with Crippen LogP contribution in [-0.2, 0) is 6.18 Å². The smallest absolute Gasteiger partial charge is 0.340 e. The lowest BCUT2D eigenvalue weighted by Gasteiger charge is -2.46. The van der Waals surface area contributed by atoms with E-state index in [4.69, 9.17) is 0 Å². The second-order valence-electron chi connectivity index (χ2n) is 10.9. The highest BCUT2D eigenvalue weighted by molar-refractivity contribution is 7.99. The Bertz CT molecular complexity index is 1020. The van der Waals surface area contributed by atoms with E-state index >= 15 is 0 Å². The van der Waals surface area contributed by atoms with Crippen molar-refractivity contribution in [3.05, 3.63) is 48.0 Å². The monoisotopic (exact) mass is 536 g/mol. The van der Waals surface area contributed by atoms with Crippen molar-refractivity contribution in [1.82, 2.24) is 14.7 Å². The molecule has 204 valence electrons. The third-order valence-corrected chi connectivity index (χ3v) is 8.76. The van der Waals surface area contributed by atoms with Crippen molar-refractivity contribution in [2.24, 2.45) is 0 Å². The average molecular weight is 537 g/mol. The number of likely N-dealkylation sites (N-methyl/N-ethyl adjacent to an activating group) is 2. The van der Waals surface area contributed by atoms with Gasteiger partial charge in [-0.25, -0.2) is 0 Å². The van der Waals surface area contributed by atoms with Crippen molar-refractivity contribution < 1.29 is 17.7 Å². The number of piperazine rings is 1. The van der Waals surface area contributed by atoms with Crippen LogP contribution in [0.4, 0.5) is 24.5 Å². The van der Waals surface area contributed by atoms with Gasteiger partial charge >= 0.3 is 6.18 Å². The Labute approximate surface area is 224 Å². The molecule has 0 amide bonds. The largest absolute Gasteiger partial charge is 0.416 e. The second-order valence-corrected chi connectivity index (χ2v) is 12.0. The number of halogens is 3. The Hall–Kier alpha value is -1.78. The Morgan fingerprint density at radius 3 is 2.08 bits per heavy atom. The molecule has 0 N–H and O–H groups in total. The van der Waals surface area contributed by atoms with E-state index in [0.717, 1.165) is 72.2 Å². The van der Waals surface area contributed by atoms with E-state index in [0.29, 0.717) is 12.2 Å². The molecule has 2 aromatic rings. The van der Waals surface area contributed by atoms with Crippen molar-refractivity contribution in [3.63, 3.8) is 0 Å². The van der Waals surface area contributed by atoms with E-state index in [9.17, 15) is 13.2 Å². The number of alkyl halides is 3. The van der Waals surface area contributed by atoms with Gasteiger partial charge < -0.3 is 19.2 Å². The van der Waals surface area contributed by atoms with Crippen LogP contribution in [-0.4, -0.2) is 113 Å². The summed E-state index contributed by atoms with van der Waals surface area (Å²) in [4.78, 5) is 11.2. The van der Waals surface area contributed by atoms with Crippen LogP contribution in [0.3, 0.4) is 0 Å². The van der Waals surface area contributed by atoms with Crippen molar-refractivity contribution in [2.75, 3.05) is 98.5 Å². The van der Waals surface area contributed by atoms with Gasteiger partial charge in [-0.3, -0.25) is 4.90 Å². The van der Waals surface area contributed by atoms with Crippen molar-refractivity contribution in [3.8, 4) is 0 Å². The SMILES string of the molecule is CN(C)CC[N+]1(CCN(C)C)CCN(CCCN2c3ccccc3Sc3ccc(C(F)(F)F)cc32)CC1. The zero-order chi connectivity index (χ0) is 26.6. The fourth-order valence-corrected chi connectivity index (χ4v) is 6.31. The first-order chi connectivity index (χ1) is 17.6. The van der Waals surface area contributed by atoms with Gasteiger partial charge in [0.1, 0.15) is 0 Å². The summed E-state index contributed by atoms with van der Waals surface area (Å²) in [6.07, 6.45) is -3.44. The first-order valence-electron chi connectivity index (χ1n) is 13.2. The van der Waals surface area contributed by atoms with Crippen LogP contribution in [0, 0.1) is 0 Å². The number of nitrogens with zero attached hydrogens (tertiary/aromatic N) is 5. The maximum absolute atomic E-state index is 13.5. The molecule has 0 aliphatic carbocycles. The van der Waals surface area contributed by atoms with Gasteiger partial charge in [0.2, 0.25) is 0 Å². The summed E-state index contributed by atoms with van der Waals surface area (Å²) in [5.74, 6) is 0. The summed E-state index contributed by atoms with van der Waals surface area (Å²) in [6, 6.07) is 12.2. The Balaban J connectivity index is 1.40. The zero-order valence-electron chi connectivity index (χ0n) is 22.6. The number of anilines is 2. The molecule has 2 aliphatic rings. The fraction of sp³-hybridized carbons (Fsp3) is 0.571. The van der Waals surface area contributed by atoms with Crippen LogP contribution in [0.15, 0.2) is 52.3 Å². The number of rotatable bonds is 10. The number of benzene rings is 2. The molecular formula is C28H41F3N5S+. The summed E-state index contributed by atoms with van der Waals surface area (Å²) in [6.45, 7) is 10.7. The van der Waals surface area contributed by atoms with Gasteiger partial charge in [-0.05, 0) is 64.9 Å². The molecule has 2 aromatic carbocycles. The van der Waals surface area contributed by atoms with Crippen LogP contribution >= 0.6 is 11.8 Å². The molecule has 4 rings (SSSR count). The Morgan fingerprint density at radius 1 is 0.838 bits per heavy atom. The first kappa shape index (κ1) is 28.2. The molecule has 1 fully saturated rings. The Morgan fingerprint density at radius 2 is 1.46 bits per heavy atom. The predicted octanol–water partition coefficient (Wildman–Crippen LogP) is 4.95. The van der Waals surface area contributed by atoms with Crippen molar-refractivity contribution in [1.29, 1.82) is 0 Å². The Kier molecular flexibility index (Phi) is 9.12. The molecule has 0 spiro atoms. The van der Waals surface area contributed by atoms with E-state index in [1.807, 2.05) is 18.2 Å². The molecular weight excluding hydrogens is 495 g/mol. The van der Waals surface area contributed by atoms with Crippen LogP contribution < -0.4 is 4.90 Å². The summed E-state index contributed by atoms with van der Waals surface area (Å²) < 4.78 is 41.7. The summed E-state index contributed by atoms with van der Waals surface area (Å²) in [5.41, 5.74) is 1.08. The molecule has 37 heavy (non-hydrogen) atoms. The van der Waals surface area contributed by atoms with Gasteiger partial charge in [0.05, 0.1) is 43.1 Å². The molecule has 0 bridgehead atoms. The highest BCUT2D eigenvalue weighted by Crippen LogP contribution is 2.49. The topological polar surface area (TPSA) is 13.0 Å². The number of hydrogen-bond donors (Lipinski definition) is 0. The lowest BCUT2D eigenvalue weighted by atomic mass is 10.1. The molecule has 0 atom stereocenters. The minimum Gasteiger partial charge on any atom is -0.340 e. The van der Waals surface area contributed by atoms with Crippen LogP contribution in [0.5, 0.6) is 0 Å². The highest BCUT2D eigenvalue weighted by Gasteiger charge is 2.34. The van der Waals surface area contributed by atoms with Gasteiger partial charge in [0, 0.05) is 49.1 Å². The lowest BCUT2D eigenvalue weighted by molar-refractivity contribution is -0.931. The maximum Gasteiger partial charge on any atom is 0.416 e. The van der Waals surface area contributed by atoms with Gasteiger partial charge in [-0.2, -0.15) is 13.2 Å². The number of quaternary nitrogens is 1. The van der Waals surface area contributed by atoms with Crippen LogP contribution in [0.2, 0.25) is 0 Å². The number of hydrogen-bond acceptors (Lipinski definition) is 5. The standard InChI is InChI=1S/C28H41F3N5S/c1-32(2)14-18-36(19-15-33(3)4)20-16-34(17-21-36)12-7-13-35-24-8-5-6-9-26(24)37-27-11-10-23(22-25(27)35)28(29,30)31/h5-6,8-11,22H,7,12-21H2,1-4H3/q+1. The third kappa shape index (κ3) is 7.20. The highest BCUT2D eigenvalue weighted by atomic mass is 32.2. The van der Waals surface area contributed by atoms with E-state index in [1.54, 1.807) is 17.8 Å². The first-order valence-corrected chi connectivity index (χ1v) is 14.0. The molecule has 9 heteroatoms. The van der Waals surface area contributed by atoms with Crippen molar-refractivity contribution >= 4 is 23.1 Å². The summed E-state index contributed by atoms with van der Waals surface area (Å²) in [5, 5.41) is 0. The van der Waals surface area contributed by atoms with Gasteiger partial charge in [-0.1, -0.05) is 23.9 Å². The number of fused-ring (bicyclic) bond motifs is 2. The molecule has 0 saturated carbocycles. The van der Waals surface area contributed by atoms with Gasteiger partial charge in [0.25, 0.3) is 0 Å². The van der Waals surface area contributed by atoms with Crippen molar-refractivity contribution in [2.45, 2.75) is 22.4 Å². The van der Waals surface area contributed by atoms with E-state index < -0.39 is 11.7 Å². The summed E-state index contributed by atoms with van der Waals surface area (Å²) >= 11 is 1.55. The summed E-state index contributed by atoms with van der Waals surface area (Å²) in [7, 11) is 8.58. The molecule has 2 aliphatic heterocycles. The molecule has 2 heterocycles. The van der Waals surface area contributed by atoms with E-state index in [-0.39, 0.29) is 0 Å². The van der Waals surface area contributed by atoms with Gasteiger partial charge in [-0.15, -0.1) is 0 Å². The number of para-hydroxylation sites is 1. The minimum absolute atomic E-state index is 0.586.